The van der Waals surface area contributed by atoms with Crippen molar-refractivity contribution in [1.82, 2.24) is 4.90 Å². The van der Waals surface area contributed by atoms with Crippen molar-refractivity contribution in [3.05, 3.63) is 53.6 Å². The zero-order valence-corrected chi connectivity index (χ0v) is 20.1. The summed E-state index contributed by atoms with van der Waals surface area (Å²) in [5.74, 6) is 3.14. The minimum atomic E-state index is 0.101. The molecule has 2 aromatic rings. The molecule has 34 heavy (non-hydrogen) atoms. The normalized spacial score (nSPS) is 24.3. The van der Waals surface area contributed by atoms with E-state index in [1.807, 2.05) is 18.2 Å². The zero-order valence-electron chi connectivity index (χ0n) is 20.1. The molecule has 0 unspecified atom stereocenters. The van der Waals surface area contributed by atoms with E-state index in [0.29, 0.717) is 30.8 Å². The van der Waals surface area contributed by atoms with E-state index in [1.165, 1.54) is 11.1 Å². The lowest BCUT2D eigenvalue weighted by atomic mass is 9.80. The first-order valence-corrected chi connectivity index (χ1v) is 12.7. The van der Waals surface area contributed by atoms with Crippen LogP contribution in [-0.2, 0) is 16.1 Å². The Hall–Kier alpha value is -2.57. The van der Waals surface area contributed by atoms with Gasteiger partial charge in [-0.05, 0) is 73.7 Å². The average molecular weight is 465 g/mol. The number of rotatable bonds is 4. The lowest BCUT2D eigenvalue weighted by Gasteiger charge is -2.39. The molecule has 0 aliphatic carbocycles. The fourth-order valence-corrected chi connectivity index (χ4v) is 5.79. The summed E-state index contributed by atoms with van der Waals surface area (Å²) in [5, 5.41) is 3.18. The van der Waals surface area contributed by atoms with Crippen LogP contribution in [0.5, 0.6) is 11.5 Å². The number of ether oxygens (including phenoxy) is 3. The molecule has 6 heteroatoms. The zero-order chi connectivity index (χ0) is 23.3. The fraction of sp³-hybridized carbons (Fsp3) is 0.536. The third-order valence-electron chi connectivity index (χ3n) is 7.73. The van der Waals surface area contributed by atoms with E-state index in [4.69, 9.17) is 14.2 Å². The summed E-state index contributed by atoms with van der Waals surface area (Å²) in [5.41, 5.74) is 3.30. The van der Waals surface area contributed by atoms with Gasteiger partial charge < -0.3 is 19.5 Å². The molecule has 0 bridgehead atoms. The van der Waals surface area contributed by atoms with E-state index >= 15 is 0 Å². The number of hydrogen-bond acceptors (Lipinski definition) is 5. The van der Waals surface area contributed by atoms with E-state index in [1.54, 1.807) is 7.11 Å². The Morgan fingerprint density at radius 2 is 1.88 bits per heavy atom. The maximum atomic E-state index is 13.0. The highest BCUT2D eigenvalue weighted by Gasteiger charge is 2.32. The maximum absolute atomic E-state index is 13.0. The van der Waals surface area contributed by atoms with Crippen molar-refractivity contribution in [1.29, 1.82) is 0 Å². The Kier molecular flexibility index (Phi) is 7.36. The number of nitrogens with one attached hydrogen (secondary N) is 1. The van der Waals surface area contributed by atoms with Crippen LogP contribution in [0, 0.1) is 11.8 Å². The van der Waals surface area contributed by atoms with Crippen molar-refractivity contribution >= 4 is 11.6 Å². The third kappa shape index (κ3) is 5.39. The molecule has 3 aliphatic heterocycles. The Labute approximate surface area is 202 Å². The van der Waals surface area contributed by atoms with Crippen molar-refractivity contribution in [2.75, 3.05) is 45.3 Å². The largest absolute Gasteiger partial charge is 0.496 e. The molecular formula is C28H36N2O4. The molecule has 2 saturated heterocycles. The number of likely N-dealkylation sites (tertiary alicyclic amines) is 1. The lowest BCUT2D eigenvalue weighted by Crippen LogP contribution is -2.42. The van der Waals surface area contributed by atoms with E-state index in [0.717, 1.165) is 75.7 Å². The minimum absolute atomic E-state index is 0.101. The van der Waals surface area contributed by atoms with Gasteiger partial charge in [-0.2, -0.15) is 0 Å². The molecule has 182 valence electrons. The molecule has 0 saturated carbocycles. The second-order valence-electron chi connectivity index (χ2n) is 9.89. The van der Waals surface area contributed by atoms with E-state index < -0.39 is 0 Å². The van der Waals surface area contributed by atoms with Gasteiger partial charge in [0.2, 0.25) is 5.91 Å². The average Bonchev–Trinajstić information content (AvgIpc) is 2.87. The van der Waals surface area contributed by atoms with Crippen LogP contribution in [0.15, 0.2) is 42.5 Å². The van der Waals surface area contributed by atoms with Gasteiger partial charge in [-0.1, -0.05) is 24.3 Å². The van der Waals surface area contributed by atoms with Crippen molar-refractivity contribution < 1.29 is 19.0 Å². The molecule has 1 N–H and O–H groups in total. The van der Waals surface area contributed by atoms with Gasteiger partial charge in [-0.3, -0.25) is 9.69 Å². The van der Waals surface area contributed by atoms with Gasteiger partial charge in [-0.25, -0.2) is 0 Å². The number of methoxy groups -OCH3 is 1. The van der Waals surface area contributed by atoms with Gasteiger partial charge in [0.1, 0.15) is 11.5 Å². The highest BCUT2D eigenvalue weighted by molar-refractivity contribution is 5.92. The standard InChI is InChI=1S/C28H36N2O4/c1-32-26-5-3-2-4-24(26)19-30-12-8-22-17-28(31)29-25-16-21(20-9-13-33-14-10-20)6-7-27(25)34-15-11-23(22)18-30/h2-7,16,20,22-23H,8-15,17-19H2,1H3,(H,29,31)/t22-,23-/m0/s1. The lowest BCUT2D eigenvalue weighted by molar-refractivity contribution is -0.118. The van der Waals surface area contributed by atoms with Crippen molar-refractivity contribution in [3.63, 3.8) is 0 Å². The van der Waals surface area contributed by atoms with Gasteiger partial charge in [0, 0.05) is 38.3 Å². The molecule has 0 spiro atoms. The second kappa shape index (κ2) is 10.8. The number of hydrogen-bond donors (Lipinski definition) is 1. The molecule has 2 aromatic carbocycles. The van der Waals surface area contributed by atoms with Crippen LogP contribution in [0.4, 0.5) is 5.69 Å². The molecule has 0 aromatic heterocycles. The first-order chi connectivity index (χ1) is 16.7. The van der Waals surface area contributed by atoms with Crippen molar-refractivity contribution in [3.8, 4) is 11.5 Å². The third-order valence-corrected chi connectivity index (χ3v) is 7.73. The molecule has 2 fully saturated rings. The molecule has 5 rings (SSSR count). The molecule has 3 aliphatic rings. The van der Waals surface area contributed by atoms with Gasteiger partial charge in [0.05, 0.1) is 19.4 Å². The molecular weight excluding hydrogens is 428 g/mol. The fourth-order valence-electron chi connectivity index (χ4n) is 5.79. The summed E-state index contributed by atoms with van der Waals surface area (Å²) < 4.78 is 17.3. The molecule has 2 atom stereocenters. The van der Waals surface area contributed by atoms with Crippen LogP contribution in [0.25, 0.3) is 0 Å². The Balaban J connectivity index is 1.27. The molecule has 6 nitrogen and oxygen atoms in total. The van der Waals surface area contributed by atoms with Gasteiger partial charge in [0.25, 0.3) is 0 Å². The summed E-state index contributed by atoms with van der Waals surface area (Å²) in [4.78, 5) is 15.5. The summed E-state index contributed by atoms with van der Waals surface area (Å²) in [7, 11) is 1.73. The maximum Gasteiger partial charge on any atom is 0.224 e. The van der Waals surface area contributed by atoms with Crippen LogP contribution in [-0.4, -0.2) is 50.8 Å². The number of para-hydroxylation sites is 1. The van der Waals surface area contributed by atoms with E-state index in [9.17, 15) is 4.79 Å². The van der Waals surface area contributed by atoms with Gasteiger partial charge >= 0.3 is 0 Å². The number of anilines is 1. The molecule has 0 radical (unpaired) electrons. The van der Waals surface area contributed by atoms with Gasteiger partial charge in [0.15, 0.2) is 0 Å². The summed E-state index contributed by atoms with van der Waals surface area (Å²) in [6.07, 6.45) is 4.63. The Morgan fingerprint density at radius 3 is 2.74 bits per heavy atom. The molecule has 1 amide bonds. The van der Waals surface area contributed by atoms with Crippen molar-refractivity contribution in [2.45, 2.75) is 44.6 Å². The summed E-state index contributed by atoms with van der Waals surface area (Å²) in [6.45, 7) is 5.14. The number of benzene rings is 2. The number of carbonyl (C=O) groups is 1. The van der Waals surface area contributed by atoms with Crippen LogP contribution in [0.2, 0.25) is 0 Å². The SMILES string of the molecule is COc1ccccc1CN1CC[C@H]2CC(=O)Nc3cc(C4CCOCC4)ccc3OCC[C@H]2C1. The predicted octanol–water partition coefficient (Wildman–Crippen LogP) is 4.84. The monoisotopic (exact) mass is 464 g/mol. The van der Waals surface area contributed by atoms with Crippen LogP contribution >= 0.6 is 0 Å². The number of nitrogens with zero attached hydrogens (tertiary/aromatic N) is 1. The van der Waals surface area contributed by atoms with Crippen molar-refractivity contribution in [2.24, 2.45) is 11.8 Å². The Bertz CT molecular complexity index is 988. The number of fused-ring (bicyclic) bond motifs is 2. The minimum Gasteiger partial charge on any atom is -0.496 e. The smallest absolute Gasteiger partial charge is 0.224 e. The van der Waals surface area contributed by atoms with E-state index in [-0.39, 0.29) is 5.91 Å². The Morgan fingerprint density at radius 1 is 1.03 bits per heavy atom. The summed E-state index contributed by atoms with van der Waals surface area (Å²) in [6, 6.07) is 14.6. The second-order valence-corrected chi connectivity index (χ2v) is 9.89. The van der Waals surface area contributed by atoms with Crippen LogP contribution < -0.4 is 14.8 Å². The predicted molar refractivity (Wildman–Crippen MR) is 132 cm³/mol. The summed E-state index contributed by atoms with van der Waals surface area (Å²) >= 11 is 0. The molecule has 3 heterocycles. The quantitative estimate of drug-likeness (QED) is 0.702. The number of carbonyl (C=O) groups excluding carboxylic acids is 1. The van der Waals surface area contributed by atoms with Crippen LogP contribution in [0.1, 0.15) is 49.1 Å². The highest BCUT2D eigenvalue weighted by Crippen LogP contribution is 2.36. The highest BCUT2D eigenvalue weighted by atomic mass is 16.5. The van der Waals surface area contributed by atoms with E-state index in [2.05, 4.69) is 34.5 Å². The first kappa shape index (κ1) is 23.2. The van der Waals surface area contributed by atoms with Gasteiger partial charge in [-0.15, -0.1) is 0 Å². The number of piperidine rings is 1. The topological polar surface area (TPSA) is 60.0 Å². The number of amides is 1. The van der Waals surface area contributed by atoms with Crippen LogP contribution in [0.3, 0.4) is 0 Å². The first-order valence-electron chi connectivity index (χ1n) is 12.7.